The Morgan fingerprint density at radius 1 is 1.11 bits per heavy atom. The Morgan fingerprint density at radius 2 is 1.81 bits per heavy atom. The van der Waals surface area contributed by atoms with Crippen molar-refractivity contribution in [1.29, 1.82) is 0 Å². The number of anilines is 1. The summed E-state index contributed by atoms with van der Waals surface area (Å²) in [5.74, 6) is -1.03. The van der Waals surface area contributed by atoms with E-state index < -0.39 is 17.7 Å². The molecule has 4 rings (SSSR count). The lowest BCUT2D eigenvalue weighted by molar-refractivity contribution is -0.132. The van der Waals surface area contributed by atoms with Gasteiger partial charge in [-0.1, -0.05) is 38.4 Å². The summed E-state index contributed by atoms with van der Waals surface area (Å²) in [6.07, 6.45) is 3.18. The van der Waals surface area contributed by atoms with Gasteiger partial charge in [0.25, 0.3) is 11.7 Å². The fraction of sp³-hybridized carbons (Fsp3) is 0.276. The Bertz CT molecular complexity index is 1360. The molecular weight excluding hydrogens is 476 g/mol. The van der Waals surface area contributed by atoms with E-state index in [1.165, 1.54) is 4.90 Å². The van der Waals surface area contributed by atoms with Crippen molar-refractivity contribution in [3.63, 3.8) is 0 Å². The van der Waals surface area contributed by atoms with Gasteiger partial charge in [-0.2, -0.15) is 0 Å². The number of pyridine rings is 1. The van der Waals surface area contributed by atoms with E-state index in [4.69, 9.17) is 16.3 Å². The van der Waals surface area contributed by atoms with E-state index in [9.17, 15) is 14.7 Å². The van der Waals surface area contributed by atoms with Crippen LogP contribution < -0.4 is 9.64 Å². The highest BCUT2D eigenvalue weighted by atomic mass is 35.5. The molecule has 1 N–H and O–H groups in total. The average molecular weight is 505 g/mol. The van der Waals surface area contributed by atoms with E-state index in [-0.39, 0.29) is 16.7 Å². The molecule has 3 aromatic rings. The number of aliphatic hydroxyl groups excluding tert-OH is 1. The van der Waals surface area contributed by atoms with Gasteiger partial charge in [0.15, 0.2) is 0 Å². The summed E-state index contributed by atoms with van der Waals surface area (Å²) in [6, 6.07) is 13.1. The zero-order chi connectivity index (χ0) is 26.2. The lowest BCUT2D eigenvalue weighted by Gasteiger charge is -2.27. The van der Waals surface area contributed by atoms with Crippen molar-refractivity contribution in [3.05, 3.63) is 93.8 Å². The van der Waals surface area contributed by atoms with Crippen LogP contribution in [0.25, 0.3) is 5.76 Å². The van der Waals surface area contributed by atoms with Gasteiger partial charge in [-0.05, 0) is 72.9 Å². The van der Waals surface area contributed by atoms with Gasteiger partial charge >= 0.3 is 0 Å². The van der Waals surface area contributed by atoms with Crippen LogP contribution in [0.3, 0.4) is 0 Å². The number of ether oxygens (including phenoxy) is 1. The van der Waals surface area contributed by atoms with Crippen LogP contribution in [0, 0.1) is 6.92 Å². The summed E-state index contributed by atoms with van der Waals surface area (Å²) >= 11 is 6.36. The molecule has 1 aliphatic rings. The van der Waals surface area contributed by atoms with Crippen molar-refractivity contribution in [2.24, 2.45) is 0 Å². The van der Waals surface area contributed by atoms with E-state index in [2.05, 4.69) is 4.98 Å². The predicted molar refractivity (Wildman–Crippen MR) is 142 cm³/mol. The number of hydrogen-bond donors (Lipinski definition) is 1. The first-order valence-electron chi connectivity index (χ1n) is 11.8. The van der Waals surface area contributed by atoms with Gasteiger partial charge in [-0.25, -0.2) is 0 Å². The van der Waals surface area contributed by atoms with E-state index in [1.54, 1.807) is 61.8 Å². The molecule has 0 bridgehead atoms. The number of aromatic nitrogens is 1. The number of amides is 1. The molecule has 2 aromatic carbocycles. The number of benzene rings is 2. The molecule has 36 heavy (non-hydrogen) atoms. The molecule has 6 nitrogen and oxygen atoms in total. The second-order valence-corrected chi connectivity index (χ2v) is 10.1. The molecule has 1 aromatic heterocycles. The molecule has 7 heteroatoms. The summed E-state index contributed by atoms with van der Waals surface area (Å²) in [7, 11) is 0. The Balaban J connectivity index is 1.96. The SMILES string of the molecule is CCOc1ccc(/C(O)=C2\C(=O)C(=O)N(c3cccc(Cl)c3C)C2c2ccncc2)cc1C(C)(C)C. The molecule has 0 radical (unpaired) electrons. The van der Waals surface area contributed by atoms with E-state index >= 15 is 0 Å². The summed E-state index contributed by atoms with van der Waals surface area (Å²) in [4.78, 5) is 32.4. The van der Waals surface area contributed by atoms with Gasteiger partial charge in [-0.3, -0.25) is 19.5 Å². The number of halogens is 1. The van der Waals surface area contributed by atoms with Crippen LogP contribution in [0.5, 0.6) is 5.75 Å². The van der Waals surface area contributed by atoms with Crippen LogP contribution in [-0.4, -0.2) is 28.4 Å². The van der Waals surface area contributed by atoms with Crippen molar-refractivity contribution >= 4 is 34.7 Å². The number of Topliss-reactive ketones (excluding diaryl/α,β-unsaturated/α-hetero) is 1. The maximum absolute atomic E-state index is 13.5. The topological polar surface area (TPSA) is 79.7 Å². The summed E-state index contributed by atoms with van der Waals surface area (Å²) in [5, 5.41) is 12.0. The molecule has 1 unspecified atom stereocenters. The largest absolute Gasteiger partial charge is 0.507 e. The van der Waals surface area contributed by atoms with Crippen molar-refractivity contribution in [1.82, 2.24) is 4.98 Å². The Hall–Kier alpha value is -3.64. The molecule has 186 valence electrons. The van der Waals surface area contributed by atoms with Crippen molar-refractivity contribution in [3.8, 4) is 5.75 Å². The van der Waals surface area contributed by atoms with Crippen LogP contribution in [0.1, 0.15) is 56.0 Å². The van der Waals surface area contributed by atoms with Gasteiger partial charge in [-0.15, -0.1) is 0 Å². The third-order valence-corrected chi connectivity index (χ3v) is 6.74. The second kappa shape index (κ2) is 9.78. The Labute approximate surface area is 216 Å². The lowest BCUT2D eigenvalue weighted by atomic mass is 9.84. The minimum Gasteiger partial charge on any atom is -0.507 e. The van der Waals surface area contributed by atoms with Gasteiger partial charge in [0, 0.05) is 34.2 Å². The maximum Gasteiger partial charge on any atom is 0.300 e. The minimum absolute atomic E-state index is 0.00888. The van der Waals surface area contributed by atoms with E-state index in [1.807, 2.05) is 33.8 Å². The normalized spacial score (nSPS) is 17.5. The number of rotatable bonds is 5. The molecule has 1 aliphatic heterocycles. The standard InChI is InChI=1S/C29H29ClN2O4/c1-6-36-23-11-10-19(16-20(23)29(3,4)5)26(33)24-25(18-12-14-31-15-13-18)32(28(35)27(24)34)22-9-7-8-21(30)17(22)2/h7-16,25,33H,6H2,1-5H3/b26-24+. The van der Waals surface area contributed by atoms with Crippen molar-refractivity contribution < 1.29 is 19.4 Å². The smallest absolute Gasteiger partial charge is 0.300 e. The van der Waals surface area contributed by atoms with Crippen LogP contribution >= 0.6 is 11.6 Å². The first kappa shape index (κ1) is 25.5. The van der Waals surface area contributed by atoms with Gasteiger partial charge in [0.05, 0.1) is 18.2 Å². The highest BCUT2D eigenvalue weighted by molar-refractivity contribution is 6.52. The third-order valence-electron chi connectivity index (χ3n) is 6.33. The first-order chi connectivity index (χ1) is 17.1. The number of carbonyl (C=O) groups is 2. The highest BCUT2D eigenvalue weighted by Gasteiger charge is 2.47. The lowest BCUT2D eigenvalue weighted by Crippen LogP contribution is -2.30. The van der Waals surface area contributed by atoms with Crippen LogP contribution in [-0.2, 0) is 15.0 Å². The third kappa shape index (κ3) is 4.49. The van der Waals surface area contributed by atoms with Gasteiger partial charge in [0.2, 0.25) is 0 Å². The molecular formula is C29H29ClN2O4. The van der Waals surface area contributed by atoms with Gasteiger partial charge in [0.1, 0.15) is 11.5 Å². The highest BCUT2D eigenvalue weighted by Crippen LogP contribution is 2.44. The molecule has 1 amide bonds. The molecule has 1 saturated heterocycles. The van der Waals surface area contributed by atoms with Crippen molar-refractivity contribution in [2.45, 2.75) is 46.1 Å². The monoisotopic (exact) mass is 504 g/mol. The quantitative estimate of drug-likeness (QED) is 0.248. The molecule has 1 atom stereocenters. The van der Waals surface area contributed by atoms with Crippen LogP contribution in [0.15, 0.2) is 66.5 Å². The van der Waals surface area contributed by atoms with E-state index in [0.29, 0.717) is 39.8 Å². The first-order valence-corrected chi connectivity index (χ1v) is 12.2. The predicted octanol–water partition coefficient (Wildman–Crippen LogP) is 6.37. The van der Waals surface area contributed by atoms with Crippen molar-refractivity contribution in [2.75, 3.05) is 11.5 Å². The molecule has 2 heterocycles. The Kier molecular flexibility index (Phi) is 6.92. The molecule has 0 spiro atoms. The summed E-state index contributed by atoms with van der Waals surface area (Å²) in [5.41, 5.74) is 2.86. The minimum atomic E-state index is -0.852. The Morgan fingerprint density at radius 3 is 2.44 bits per heavy atom. The molecule has 0 saturated carbocycles. The zero-order valence-electron chi connectivity index (χ0n) is 21.0. The fourth-order valence-corrected chi connectivity index (χ4v) is 4.67. The summed E-state index contributed by atoms with van der Waals surface area (Å²) in [6.45, 7) is 10.4. The number of nitrogens with zero attached hydrogens (tertiary/aromatic N) is 2. The van der Waals surface area contributed by atoms with E-state index in [0.717, 1.165) is 5.56 Å². The van der Waals surface area contributed by atoms with Crippen LogP contribution in [0.2, 0.25) is 5.02 Å². The fourth-order valence-electron chi connectivity index (χ4n) is 4.50. The number of ketones is 1. The number of carbonyl (C=O) groups excluding carboxylic acids is 2. The number of hydrogen-bond acceptors (Lipinski definition) is 5. The zero-order valence-corrected chi connectivity index (χ0v) is 21.8. The molecule has 0 aliphatic carbocycles. The second-order valence-electron chi connectivity index (χ2n) is 9.73. The summed E-state index contributed by atoms with van der Waals surface area (Å²) < 4.78 is 5.81. The van der Waals surface area contributed by atoms with Crippen LogP contribution in [0.4, 0.5) is 5.69 Å². The maximum atomic E-state index is 13.5. The van der Waals surface area contributed by atoms with Gasteiger partial charge < -0.3 is 9.84 Å². The average Bonchev–Trinajstić information content (AvgIpc) is 3.11. The number of aliphatic hydroxyl groups is 1. The molecule has 1 fully saturated rings.